The van der Waals surface area contributed by atoms with Gasteiger partial charge in [0.1, 0.15) is 0 Å². The number of thioether (sulfide) groups is 1. The van der Waals surface area contributed by atoms with Gasteiger partial charge in [-0.3, -0.25) is 4.57 Å². The zero-order valence-electron chi connectivity index (χ0n) is 12.9. The summed E-state index contributed by atoms with van der Waals surface area (Å²) in [7, 11) is 0. The number of furan rings is 1. The Morgan fingerprint density at radius 2 is 2.17 bits per heavy atom. The molecule has 0 saturated heterocycles. The summed E-state index contributed by atoms with van der Waals surface area (Å²) < 4.78 is 12.6. The zero-order chi connectivity index (χ0) is 16.4. The minimum Gasteiger partial charge on any atom is -0.461 e. The molecule has 1 aromatic carbocycles. The van der Waals surface area contributed by atoms with E-state index in [0.29, 0.717) is 23.2 Å². The summed E-state index contributed by atoms with van der Waals surface area (Å²) in [5.41, 5.74) is 2.29. The summed E-state index contributed by atoms with van der Waals surface area (Å²) in [6.07, 6.45) is 5.31. The molecule has 120 valence electrons. The quantitative estimate of drug-likeness (QED) is 0.510. The molecule has 0 fully saturated rings. The predicted octanol–water partition coefficient (Wildman–Crippen LogP) is 4.12. The predicted molar refractivity (Wildman–Crippen MR) is 89.9 cm³/mol. The van der Waals surface area contributed by atoms with Crippen molar-refractivity contribution in [3.8, 4) is 17.3 Å². The van der Waals surface area contributed by atoms with Gasteiger partial charge in [0, 0.05) is 18.1 Å². The second kappa shape index (κ2) is 6.37. The molecule has 0 amide bonds. The van der Waals surface area contributed by atoms with Gasteiger partial charge in [-0.2, -0.15) is 4.98 Å². The van der Waals surface area contributed by atoms with Crippen LogP contribution in [0.25, 0.3) is 17.3 Å². The third-order valence-corrected chi connectivity index (χ3v) is 4.37. The Morgan fingerprint density at radius 3 is 3.00 bits per heavy atom. The van der Waals surface area contributed by atoms with Gasteiger partial charge < -0.3 is 8.94 Å². The molecule has 0 radical (unpaired) electrons. The van der Waals surface area contributed by atoms with Crippen molar-refractivity contribution in [3.05, 3.63) is 66.5 Å². The van der Waals surface area contributed by atoms with Gasteiger partial charge in [0.15, 0.2) is 10.9 Å². The van der Waals surface area contributed by atoms with Crippen LogP contribution in [-0.4, -0.2) is 19.7 Å². The second-order valence-corrected chi connectivity index (χ2v) is 6.14. The monoisotopic (exact) mass is 338 g/mol. The maximum atomic E-state index is 5.27. The third-order valence-electron chi connectivity index (χ3n) is 3.42. The molecule has 0 spiro atoms. The molecule has 0 aliphatic carbocycles. The Morgan fingerprint density at radius 1 is 1.21 bits per heavy atom. The van der Waals surface area contributed by atoms with E-state index in [1.165, 1.54) is 5.56 Å². The summed E-state index contributed by atoms with van der Waals surface area (Å²) in [6.45, 7) is 2.07. The van der Waals surface area contributed by atoms with Crippen LogP contribution in [0.15, 0.2) is 69.2 Å². The SMILES string of the molecule is Cc1cccc(-n2ccnc2SCc2nc(-c3ccco3)no2)c1. The Balaban J connectivity index is 1.50. The highest BCUT2D eigenvalue weighted by Crippen LogP contribution is 2.25. The number of benzene rings is 1. The van der Waals surface area contributed by atoms with Gasteiger partial charge in [-0.15, -0.1) is 0 Å². The number of rotatable bonds is 5. The van der Waals surface area contributed by atoms with Crippen molar-refractivity contribution < 1.29 is 8.94 Å². The van der Waals surface area contributed by atoms with E-state index in [-0.39, 0.29) is 0 Å². The first-order valence-corrected chi connectivity index (χ1v) is 8.38. The number of hydrogen-bond acceptors (Lipinski definition) is 6. The van der Waals surface area contributed by atoms with Crippen LogP contribution >= 0.6 is 11.8 Å². The normalized spacial score (nSPS) is 11.0. The van der Waals surface area contributed by atoms with Crippen LogP contribution in [0.2, 0.25) is 0 Å². The van der Waals surface area contributed by atoms with E-state index in [9.17, 15) is 0 Å². The second-order valence-electron chi connectivity index (χ2n) is 5.20. The van der Waals surface area contributed by atoms with E-state index in [4.69, 9.17) is 8.94 Å². The van der Waals surface area contributed by atoms with Crippen LogP contribution in [-0.2, 0) is 5.75 Å². The van der Waals surface area contributed by atoms with Crippen molar-refractivity contribution in [2.24, 2.45) is 0 Å². The van der Waals surface area contributed by atoms with Gasteiger partial charge >= 0.3 is 0 Å². The van der Waals surface area contributed by atoms with Crippen LogP contribution in [0.5, 0.6) is 0 Å². The van der Waals surface area contributed by atoms with Gasteiger partial charge in [-0.1, -0.05) is 29.1 Å². The minimum absolute atomic E-state index is 0.456. The molecule has 0 unspecified atom stereocenters. The molecule has 3 aromatic heterocycles. The maximum Gasteiger partial charge on any atom is 0.238 e. The van der Waals surface area contributed by atoms with Crippen LogP contribution in [0, 0.1) is 6.92 Å². The Bertz CT molecular complexity index is 943. The van der Waals surface area contributed by atoms with Crippen LogP contribution in [0.1, 0.15) is 11.5 Å². The smallest absolute Gasteiger partial charge is 0.238 e. The number of hydrogen-bond donors (Lipinski definition) is 0. The van der Waals surface area contributed by atoms with Gasteiger partial charge in [-0.05, 0) is 36.8 Å². The van der Waals surface area contributed by atoms with Crippen LogP contribution < -0.4 is 0 Å². The van der Waals surface area contributed by atoms with Gasteiger partial charge in [0.25, 0.3) is 0 Å². The molecular formula is C17H14N4O2S. The molecule has 4 aromatic rings. The average Bonchev–Trinajstić information content (AvgIpc) is 3.33. The molecule has 6 nitrogen and oxygen atoms in total. The van der Waals surface area contributed by atoms with Gasteiger partial charge in [0.2, 0.25) is 11.7 Å². The number of aryl methyl sites for hydroxylation is 1. The average molecular weight is 338 g/mol. The minimum atomic E-state index is 0.456. The first-order chi connectivity index (χ1) is 11.8. The number of nitrogens with zero attached hydrogens (tertiary/aromatic N) is 4. The van der Waals surface area contributed by atoms with E-state index < -0.39 is 0 Å². The fourth-order valence-electron chi connectivity index (χ4n) is 2.32. The molecular weight excluding hydrogens is 324 g/mol. The van der Waals surface area contributed by atoms with E-state index in [0.717, 1.165) is 10.8 Å². The summed E-state index contributed by atoms with van der Waals surface area (Å²) >= 11 is 1.54. The summed E-state index contributed by atoms with van der Waals surface area (Å²) in [5, 5.41) is 4.80. The molecule has 0 atom stereocenters. The number of aromatic nitrogens is 4. The molecule has 0 aliphatic heterocycles. The molecule has 0 bridgehead atoms. The molecule has 0 N–H and O–H groups in total. The molecule has 4 rings (SSSR count). The fourth-order valence-corrected chi connectivity index (χ4v) is 3.13. The Kier molecular flexibility index (Phi) is 3.92. The fraction of sp³-hybridized carbons (Fsp3) is 0.118. The Labute approximate surface area is 142 Å². The molecule has 0 aliphatic rings. The van der Waals surface area contributed by atoms with E-state index in [2.05, 4.69) is 40.2 Å². The maximum absolute atomic E-state index is 5.27. The zero-order valence-corrected chi connectivity index (χ0v) is 13.7. The number of imidazole rings is 1. The van der Waals surface area contributed by atoms with Crippen molar-refractivity contribution in [1.82, 2.24) is 19.7 Å². The lowest BCUT2D eigenvalue weighted by Crippen LogP contribution is -1.95. The highest BCUT2D eigenvalue weighted by atomic mass is 32.2. The molecule has 24 heavy (non-hydrogen) atoms. The van der Waals surface area contributed by atoms with Crippen molar-refractivity contribution in [1.29, 1.82) is 0 Å². The van der Waals surface area contributed by atoms with E-state index in [1.54, 1.807) is 36.4 Å². The van der Waals surface area contributed by atoms with Gasteiger partial charge in [0.05, 0.1) is 12.0 Å². The molecule has 3 heterocycles. The van der Waals surface area contributed by atoms with Gasteiger partial charge in [-0.25, -0.2) is 4.98 Å². The third kappa shape index (κ3) is 2.98. The van der Waals surface area contributed by atoms with Crippen molar-refractivity contribution in [2.45, 2.75) is 17.8 Å². The van der Waals surface area contributed by atoms with Crippen LogP contribution in [0.3, 0.4) is 0 Å². The molecule has 7 heteroatoms. The van der Waals surface area contributed by atoms with E-state index in [1.807, 2.05) is 16.8 Å². The highest BCUT2D eigenvalue weighted by Gasteiger charge is 2.13. The summed E-state index contributed by atoms with van der Waals surface area (Å²) in [4.78, 5) is 8.75. The van der Waals surface area contributed by atoms with Crippen molar-refractivity contribution >= 4 is 11.8 Å². The largest absolute Gasteiger partial charge is 0.461 e. The lowest BCUT2D eigenvalue weighted by molar-refractivity contribution is 0.390. The first kappa shape index (κ1) is 14.8. The summed E-state index contributed by atoms with van der Waals surface area (Å²) in [6, 6.07) is 11.9. The van der Waals surface area contributed by atoms with E-state index >= 15 is 0 Å². The topological polar surface area (TPSA) is 69.9 Å². The Hall–Kier alpha value is -2.80. The lowest BCUT2D eigenvalue weighted by Gasteiger charge is -2.07. The first-order valence-electron chi connectivity index (χ1n) is 7.39. The molecule has 0 saturated carbocycles. The van der Waals surface area contributed by atoms with Crippen LogP contribution in [0.4, 0.5) is 0 Å². The highest BCUT2D eigenvalue weighted by molar-refractivity contribution is 7.98. The van der Waals surface area contributed by atoms with Crippen molar-refractivity contribution in [3.63, 3.8) is 0 Å². The summed E-state index contributed by atoms with van der Waals surface area (Å²) in [5.74, 6) is 2.12. The standard InChI is InChI=1S/C17H14N4O2S/c1-12-4-2-5-13(10-12)21-8-7-18-17(21)24-11-15-19-16(20-23-15)14-6-3-9-22-14/h2-10H,11H2,1H3. The van der Waals surface area contributed by atoms with Crippen molar-refractivity contribution in [2.75, 3.05) is 0 Å². The lowest BCUT2D eigenvalue weighted by atomic mass is 10.2.